The molecule has 0 saturated heterocycles. The third-order valence-corrected chi connectivity index (χ3v) is 4.50. The van der Waals surface area contributed by atoms with Crippen LogP contribution in [0.5, 0.6) is 5.75 Å². The second kappa shape index (κ2) is 8.49. The number of fused-ring (bicyclic) bond motifs is 1. The van der Waals surface area contributed by atoms with E-state index in [-0.39, 0.29) is 18.0 Å². The predicted octanol–water partition coefficient (Wildman–Crippen LogP) is 2.91. The van der Waals surface area contributed by atoms with Gasteiger partial charge >= 0.3 is 0 Å². The molecule has 1 aromatic heterocycles. The van der Waals surface area contributed by atoms with Crippen molar-refractivity contribution in [2.24, 2.45) is 0 Å². The average Bonchev–Trinajstić information content (AvgIpc) is 2.70. The second-order valence-electron chi connectivity index (χ2n) is 6.29. The first kappa shape index (κ1) is 18.6. The van der Waals surface area contributed by atoms with Crippen LogP contribution in [0, 0.1) is 0 Å². The van der Waals surface area contributed by atoms with Crippen LogP contribution < -0.4 is 10.3 Å². The summed E-state index contributed by atoms with van der Waals surface area (Å²) in [7, 11) is 1.63. The lowest BCUT2D eigenvalue weighted by Crippen LogP contribution is -2.32. The Labute approximate surface area is 157 Å². The van der Waals surface area contributed by atoms with E-state index in [0.717, 1.165) is 11.3 Å². The molecule has 1 amide bonds. The highest BCUT2D eigenvalue weighted by Crippen LogP contribution is 2.15. The molecule has 1 N–H and O–H groups in total. The Bertz CT molecular complexity index is 997. The van der Waals surface area contributed by atoms with E-state index >= 15 is 0 Å². The third-order valence-electron chi connectivity index (χ3n) is 4.50. The number of methoxy groups -OCH3 is 1. The highest BCUT2D eigenvalue weighted by molar-refractivity contribution is 5.78. The number of carbonyl (C=O) groups is 1. The fourth-order valence-corrected chi connectivity index (χ4v) is 3.00. The molecule has 2 aromatic carbocycles. The van der Waals surface area contributed by atoms with Crippen molar-refractivity contribution < 1.29 is 9.53 Å². The summed E-state index contributed by atoms with van der Waals surface area (Å²) in [5.41, 5.74) is 1.50. The highest BCUT2D eigenvalue weighted by atomic mass is 16.5. The monoisotopic (exact) mass is 365 g/mol. The van der Waals surface area contributed by atoms with Gasteiger partial charge in [-0.05, 0) is 43.2 Å². The van der Waals surface area contributed by atoms with Gasteiger partial charge in [0.2, 0.25) is 5.91 Å². The maximum absolute atomic E-state index is 12.6. The number of aromatic nitrogens is 2. The van der Waals surface area contributed by atoms with Crippen molar-refractivity contribution in [3.63, 3.8) is 0 Å². The van der Waals surface area contributed by atoms with Gasteiger partial charge in [0.05, 0.1) is 24.6 Å². The topological polar surface area (TPSA) is 75.3 Å². The zero-order valence-corrected chi connectivity index (χ0v) is 15.6. The van der Waals surface area contributed by atoms with Gasteiger partial charge in [-0.25, -0.2) is 4.98 Å². The van der Waals surface area contributed by atoms with Crippen LogP contribution in [0.1, 0.15) is 24.7 Å². The van der Waals surface area contributed by atoms with E-state index in [1.165, 1.54) is 0 Å². The summed E-state index contributed by atoms with van der Waals surface area (Å²) < 4.78 is 5.22. The van der Waals surface area contributed by atoms with Crippen molar-refractivity contribution in [3.8, 4) is 5.75 Å². The van der Waals surface area contributed by atoms with Gasteiger partial charge < -0.3 is 14.6 Å². The first-order chi connectivity index (χ1) is 13.1. The number of hydrogen-bond acceptors (Lipinski definition) is 4. The molecular formula is C21H23N3O3. The molecule has 6 nitrogen and oxygen atoms in total. The molecular weight excluding hydrogens is 342 g/mol. The van der Waals surface area contributed by atoms with Crippen molar-refractivity contribution in [2.45, 2.75) is 26.3 Å². The minimum absolute atomic E-state index is 0.0242. The van der Waals surface area contributed by atoms with E-state index in [2.05, 4.69) is 9.97 Å². The fourth-order valence-electron chi connectivity index (χ4n) is 3.00. The number of benzene rings is 2. The largest absolute Gasteiger partial charge is 0.497 e. The van der Waals surface area contributed by atoms with Gasteiger partial charge in [-0.15, -0.1) is 0 Å². The summed E-state index contributed by atoms with van der Waals surface area (Å²) in [4.78, 5) is 33.8. The van der Waals surface area contributed by atoms with E-state index in [4.69, 9.17) is 4.74 Å². The molecule has 0 bridgehead atoms. The van der Waals surface area contributed by atoms with Crippen LogP contribution in [0.25, 0.3) is 10.9 Å². The number of carbonyl (C=O) groups excluding carboxylic acids is 1. The van der Waals surface area contributed by atoms with Gasteiger partial charge in [0, 0.05) is 13.0 Å². The molecule has 27 heavy (non-hydrogen) atoms. The SMILES string of the molecule is CCN(Cc1nc2ccccc2c(=O)[nH]1)C(=O)CCc1cccc(OC)c1. The summed E-state index contributed by atoms with van der Waals surface area (Å²) in [5.74, 6) is 1.30. The maximum Gasteiger partial charge on any atom is 0.258 e. The molecule has 140 valence electrons. The number of nitrogens with zero attached hydrogens (tertiary/aromatic N) is 2. The van der Waals surface area contributed by atoms with Crippen molar-refractivity contribution >= 4 is 16.8 Å². The summed E-state index contributed by atoms with van der Waals surface area (Å²) >= 11 is 0. The fraction of sp³-hybridized carbons (Fsp3) is 0.286. The first-order valence-corrected chi connectivity index (χ1v) is 8.99. The van der Waals surface area contributed by atoms with Crippen LogP contribution in [0.2, 0.25) is 0 Å². The Morgan fingerprint density at radius 1 is 1.19 bits per heavy atom. The second-order valence-corrected chi connectivity index (χ2v) is 6.29. The summed E-state index contributed by atoms with van der Waals surface area (Å²) in [6.07, 6.45) is 1.02. The summed E-state index contributed by atoms with van der Waals surface area (Å²) in [6.45, 7) is 2.75. The zero-order chi connectivity index (χ0) is 19.2. The van der Waals surface area contributed by atoms with Gasteiger partial charge in [-0.3, -0.25) is 9.59 Å². The van der Waals surface area contributed by atoms with Crippen LogP contribution in [-0.4, -0.2) is 34.4 Å². The zero-order valence-electron chi connectivity index (χ0n) is 15.6. The molecule has 0 unspecified atom stereocenters. The van der Waals surface area contributed by atoms with Crippen LogP contribution >= 0.6 is 0 Å². The molecule has 0 aliphatic carbocycles. The van der Waals surface area contributed by atoms with E-state index in [1.807, 2.05) is 37.3 Å². The Morgan fingerprint density at radius 3 is 2.78 bits per heavy atom. The van der Waals surface area contributed by atoms with Crippen LogP contribution in [-0.2, 0) is 17.8 Å². The van der Waals surface area contributed by atoms with Crippen molar-refractivity contribution in [2.75, 3.05) is 13.7 Å². The molecule has 0 saturated carbocycles. The summed E-state index contributed by atoms with van der Waals surface area (Å²) in [6, 6.07) is 14.9. The lowest BCUT2D eigenvalue weighted by Gasteiger charge is -2.20. The normalized spacial score (nSPS) is 10.7. The Morgan fingerprint density at radius 2 is 2.00 bits per heavy atom. The number of H-pyrrole nitrogens is 1. The molecule has 0 fully saturated rings. The van der Waals surface area contributed by atoms with Gasteiger partial charge in [0.25, 0.3) is 5.56 Å². The quantitative estimate of drug-likeness (QED) is 0.698. The Balaban J connectivity index is 1.69. The minimum Gasteiger partial charge on any atom is -0.497 e. The minimum atomic E-state index is -0.185. The molecule has 3 rings (SSSR count). The van der Waals surface area contributed by atoms with E-state index < -0.39 is 0 Å². The molecule has 3 aromatic rings. The smallest absolute Gasteiger partial charge is 0.258 e. The van der Waals surface area contributed by atoms with E-state index in [9.17, 15) is 9.59 Å². The number of aryl methyl sites for hydroxylation is 1. The van der Waals surface area contributed by atoms with Gasteiger partial charge in [0.1, 0.15) is 11.6 Å². The Hall–Kier alpha value is -3.15. The lowest BCUT2D eigenvalue weighted by molar-refractivity contribution is -0.131. The highest BCUT2D eigenvalue weighted by Gasteiger charge is 2.14. The molecule has 0 atom stereocenters. The summed E-state index contributed by atoms with van der Waals surface area (Å²) in [5, 5.41) is 0.550. The Kier molecular flexibility index (Phi) is 5.86. The number of para-hydroxylation sites is 1. The predicted molar refractivity (Wildman–Crippen MR) is 105 cm³/mol. The van der Waals surface area contributed by atoms with Gasteiger partial charge in [-0.1, -0.05) is 24.3 Å². The van der Waals surface area contributed by atoms with Crippen molar-refractivity contribution in [1.82, 2.24) is 14.9 Å². The van der Waals surface area contributed by atoms with Crippen LogP contribution in [0.3, 0.4) is 0 Å². The molecule has 0 spiro atoms. The van der Waals surface area contributed by atoms with Crippen LogP contribution in [0.15, 0.2) is 53.3 Å². The van der Waals surface area contributed by atoms with Crippen molar-refractivity contribution in [3.05, 3.63) is 70.3 Å². The lowest BCUT2D eigenvalue weighted by atomic mass is 10.1. The maximum atomic E-state index is 12.6. The van der Waals surface area contributed by atoms with E-state index in [0.29, 0.717) is 36.1 Å². The molecule has 6 heteroatoms. The number of amides is 1. The standard InChI is InChI=1S/C21H23N3O3/c1-3-24(20(25)12-11-15-7-6-8-16(13-15)27-2)14-19-22-18-10-5-4-9-17(18)21(26)23-19/h4-10,13H,3,11-12,14H2,1-2H3,(H,22,23,26). The first-order valence-electron chi connectivity index (χ1n) is 8.99. The average molecular weight is 365 g/mol. The van der Waals surface area contributed by atoms with Crippen LogP contribution in [0.4, 0.5) is 0 Å². The molecule has 0 aliphatic heterocycles. The van der Waals surface area contributed by atoms with E-state index in [1.54, 1.807) is 30.2 Å². The van der Waals surface area contributed by atoms with Crippen molar-refractivity contribution in [1.29, 1.82) is 0 Å². The number of rotatable bonds is 7. The van der Waals surface area contributed by atoms with Gasteiger partial charge in [-0.2, -0.15) is 0 Å². The number of aromatic amines is 1. The number of ether oxygens (including phenoxy) is 1. The number of hydrogen-bond donors (Lipinski definition) is 1. The van der Waals surface area contributed by atoms with Gasteiger partial charge in [0.15, 0.2) is 0 Å². The third kappa shape index (κ3) is 4.53. The number of nitrogens with one attached hydrogen (secondary N) is 1. The molecule has 0 radical (unpaired) electrons. The molecule has 1 heterocycles. The molecule has 0 aliphatic rings.